The fourth-order valence-electron chi connectivity index (χ4n) is 3.25. The maximum atomic E-state index is 13.5. The summed E-state index contributed by atoms with van der Waals surface area (Å²) in [5.74, 6) is 1.22. The molecule has 0 aliphatic rings. The summed E-state index contributed by atoms with van der Waals surface area (Å²) in [6.07, 6.45) is 4.18. The zero-order chi connectivity index (χ0) is 20.1. The van der Waals surface area contributed by atoms with Crippen molar-refractivity contribution in [2.24, 2.45) is 4.99 Å². The molecule has 4 aromatic rings. The molecule has 148 valence electrons. The van der Waals surface area contributed by atoms with Gasteiger partial charge in [-0.3, -0.25) is 10.1 Å². The number of aromatic nitrogens is 4. The molecule has 0 unspecified atom stereocenters. The molecule has 7 nitrogen and oxygen atoms in total. The standard InChI is InChI=1S/C21H22FN7/c1-23-21(24-8-7-16-12-25-19-6-5-17(22)10-18(16)19)26-11-14-3-2-4-15(9-14)20-27-13-28-29-20/h2-6,9-10,12-13,25H,7-8,11H2,1H3,(H2,23,24,26)(H,27,28,29). The van der Waals surface area contributed by atoms with Crippen LogP contribution in [0.2, 0.25) is 0 Å². The van der Waals surface area contributed by atoms with Crippen LogP contribution in [-0.2, 0) is 13.0 Å². The third kappa shape index (κ3) is 4.43. The fourth-order valence-corrected chi connectivity index (χ4v) is 3.25. The second-order valence-corrected chi connectivity index (χ2v) is 6.64. The molecule has 0 aliphatic carbocycles. The van der Waals surface area contributed by atoms with Crippen molar-refractivity contribution in [3.8, 4) is 11.4 Å². The van der Waals surface area contributed by atoms with E-state index in [1.165, 1.54) is 12.4 Å². The van der Waals surface area contributed by atoms with Crippen LogP contribution >= 0.6 is 0 Å². The number of hydrogen-bond donors (Lipinski definition) is 4. The maximum absolute atomic E-state index is 13.5. The van der Waals surface area contributed by atoms with Crippen molar-refractivity contribution in [1.82, 2.24) is 30.8 Å². The fraction of sp³-hybridized carbons (Fsp3) is 0.190. The predicted molar refractivity (Wildman–Crippen MR) is 112 cm³/mol. The molecule has 0 saturated heterocycles. The maximum Gasteiger partial charge on any atom is 0.191 e. The van der Waals surface area contributed by atoms with E-state index in [4.69, 9.17) is 0 Å². The predicted octanol–water partition coefficient (Wildman–Crippen LogP) is 3.00. The Morgan fingerprint density at radius 2 is 2.10 bits per heavy atom. The van der Waals surface area contributed by atoms with Gasteiger partial charge in [0.05, 0.1) is 0 Å². The molecule has 0 fully saturated rings. The first-order chi connectivity index (χ1) is 14.2. The van der Waals surface area contributed by atoms with Crippen LogP contribution in [-0.4, -0.2) is 39.7 Å². The van der Waals surface area contributed by atoms with E-state index in [1.54, 1.807) is 19.2 Å². The number of H-pyrrole nitrogens is 2. The zero-order valence-electron chi connectivity index (χ0n) is 16.0. The molecular weight excluding hydrogens is 369 g/mol. The van der Waals surface area contributed by atoms with Gasteiger partial charge in [-0.15, -0.1) is 0 Å². The molecule has 0 radical (unpaired) electrons. The zero-order valence-corrected chi connectivity index (χ0v) is 16.0. The molecule has 0 atom stereocenters. The Morgan fingerprint density at radius 3 is 2.93 bits per heavy atom. The molecule has 4 rings (SSSR count). The Hall–Kier alpha value is -3.68. The van der Waals surface area contributed by atoms with E-state index in [9.17, 15) is 4.39 Å². The topological polar surface area (TPSA) is 93.8 Å². The Balaban J connectivity index is 1.32. The van der Waals surface area contributed by atoms with Crippen molar-refractivity contribution in [1.29, 1.82) is 0 Å². The van der Waals surface area contributed by atoms with Gasteiger partial charge in [0.25, 0.3) is 0 Å². The third-order valence-electron chi connectivity index (χ3n) is 4.72. The van der Waals surface area contributed by atoms with Crippen molar-refractivity contribution < 1.29 is 4.39 Å². The van der Waals surface area contributed by atoms with Gasteiger partial charge < -0.3 is 15.6 Å². The van der Waals surface area contributed by atoms with Gasteiger partial charge in [-0.2, -0.15) is 5.10 Å². The molecule has 0 spiro atoms. The number of hydrogen-bond acceptors (Lipinski definition) is 3. The van der Waals surface area contributed by atoms with Gasteiger partial charge in [0.2, 0.25) is 0 Å². The van der Waals surface area contributed by atoms with Gasteiger partial charge in [0.15, 0.2) is 11.8 Å². The number of fused-ring (bicyclic) bond motifs is 1. The number of nitrogens with one attached hydrogen (secondary N) is 4. The van der Waals surface area contributed by atoms with Crippen molar-refractivity contribution in [2.75, 3.05) is 13.6 Å². The van der Waals surface area contributed by atoms with Crippen LogP contribution in [0, 0.1) is 5.82 Å². The van der Waals surface area contributed by atoms with E-state index in [0.717, 1.165) is 39.8 Å². The minimum absolute atomic E-state index is 0.226. The van der Waals surface area contributed by atoms with Crippen molar-refractivity contribution >= 4 is 16.9 Å². The van der Waals surface area contributed by atoms with E-state index >= 15 is 0 Å². The van der Waals surface area contributed by atoms with Crippen LogP contribution in [0.5, 0.6) is 0 Å². The van der Waals surface area contributed by atoms with E-state index < -0.39 is 0 Å². The van der Waals surface area contributed by atoms with Gasteiger partial charge in [-0.25, -0.2) is 9.37 Å². The Bertz CT molecular complexity index is 1120. The van der Waals surface area contributed by atoms with Gasteiger partial charge in [-0.05, 0) is 41.8 Å². The molecule has 0 aliphatic heterocycles. The molecule has 0 saturated carbocycles. The van der Waals surface area contributed by atoms with E-state index in [1.807, 2.05) is 24.4 Å². The lowest BCUT2D eigenvalue weighted by Crippen LogP contribution is -2.37. The summed E-state index contributed by atoms with van der Waals surface area (Å²) in [6.45, 7) is 1.31. The monoisotopic (exact) mass is 391 g/mol. The summed E-state index contributed by atoms with van der Waals surface area (Å²) in [6, 6.07) is 12.9. The molecule has 4 N–H and O–H groups in total. The highest BCUT2D eigenvalue weighted by Crippen LogP contribution is 2.19. The largest absolute Gasteiger partial charge is 0.361 e. The van der Waals surface area contributed by atoms with E-state index in [2.05, 4.69) is 41.9 Å². The molecule has 2 aromatic carbocycles. The lowest BCUT2D eigenvalue weighted by atomic mass is 10.1. The molecule has 2 heterocycles. The summed E-state index contributed by atoms with van der Waals surface area (Å²) >= 11 is 0. The first kappa shape index (κ1) is 18.7. The Morgan fingerprint density at radius 1 is 1.17 bits per heavy atom. The minimum atomic E-state index is -0.226. The van der Waals surface area contributed by atoms with E-state index in [0.29, 0.717) is 19.0 Å². The smallest absolute Gasteiger partial charge is 0.191 e. The lowest BCUT2D eigenvalue weighted by molar-refractivity contribution is 0.629. The molecule has 29 heavy (non-hydrogen) atoms. The summed E-state index contributed by atoms with van der Waals surface area (Å²) in [5, 5.41) is 14.3. The first-order valence-corrected chi connectivity index (χ1v) is 9.37. The van der Waals surface area contributed by atoms with Crippen molar-refractivity contribution in [2.45, 2.75) is 13.0 Å². The number of aromatic amines is 2. The molecular formula is C21H22FN7. The second-order valence-electron chi connectivity index (χ2n) is 6.64. The van der Waals surface area contributed by atoms with E-state index in [-0.39, 0.29) is 5.82 Å². The lowest BCUT2D eigenvalue weighted by Gasteiger charge is -2.12. The molecule has 0 amide bonds. The number of rotatable bonds is 6. The van der Waals surface area contributed by atoms with Crippen LogP contribution in [0.4, 0.5) is 4.39 Å². The van der Waals surface area contributed by atoms with Crippen molar-refractivity contribution in [3.05, 3.63) is 71.9 Å². The average Bonchev–Trinajstić information content (AvgIpc) is 3.41. The van der Waals surface area contributed by atoms with Gasteiger partial charge >= 0.3 is 0 Å². The van der Waals surface area contributed by atoms with Crippen LogP contribution in [0.1, 0.15) is 11.1 Å². The highest BCUT2D eigenvalue weighted by Gasteiger charge is 2.06. The van der Waals surface area contributed by atoms with Crippen LogP contribution in [0.3, 0.4) is 0 Å². The Kier molecular flexibility index (Phi) is 5.51. The van der Waals surface area contributed by atoms with Crippen molar-refractivity contribution in [3.63, 3.8) is 0 Å². The van der Waals surface area contributed by atoms with Crippen LogP contribution in [0.25, 0.3) is 22.3 Å². The molecule has 2 aromatic heterocycles. The summed E-state index contributed by atoms with van der Waals surface area (Å²) in [4.78, 5) is 11.6. The number of nitrogens with zero attached hydrogens (tertiary/aromatic N) is 3. The highest BCUT2D eigenvalue weighted by molar-refractivity contribution is 5.83. The first-order valence-electron chi connectivity index (χ1n) is 9.37. The summed E-state index contributed by atoms with van der Waals surface area (Å²) in [5.41, 5.74) is 4.10. The van der Waals surface area contributed by atoms with Crippen LogP contribution in [0.15, 0.2) is 60.0 Å². The number of halogens is 1. The SMILES string of the molecule is CN=C(NCCc1c[nH]c2ccc(F)cc12)NCc1cccc(-c2ncn[nH]2)c1. The second kappa shape index (κ2) is 8.55. The van der Waals surface area contributed by atoms with Crippen LogP contribution < -0.4 is 10.6 Å². The van der Waals surface area contributed by atoms with Gasteiger partial charge in [0.1, 0.15) is 12.1 Å². The normalized spacial score (nSPS) is 11.7. The summed E-state index contributed by atoms with van der Waals surface area (Å²) in [7, 11) is 1.74. The quantitative estimate of drug-likeness (QED) is 0.300. The Labute approximate surface area is 167 Å². The average molecular weight is 391 g/mol. The van der Waals surface area contributed by atoms with Gasteiger partial charge in [0, 0.05) is 42.8 Å². The molecule has 0 bridgehead atoms. The molecule has 8 heteroatoms. The number of aliphatic imine (C=N–C) groups is 1. The third-order valence-corrected chi connectivity index (χ3v) is 4.72. The summed E-state index contributed by atoms with van der Waals surface area (Å²) < 4.78 is 13.5. The number of guanidine groups is 1. The number of benzene rings is 2. The highest BCUT2D eigenvalue weighted by atomic mass is 19.1. The minimum Gasteiger partial charge on any atom is -0.361 e. The van der Waals surface area contributed by atoms with Gasteiger partial charge in [-0.1, -0.05) is 18.2 Å².